The molecule has 2 aromatic carbocycles. The van der Waals surface area contributed by atoms with Crippen molar-refractivity contribution < 1.29 is 17.9 Å². The van der Waals surface area contributed by atoms with Crippen LogP contribution in [0.2, 0.25) is 5.02 Å². The van der Waals surface area contributed by atoms with Crippen molar-refractivity contribution in [1.82, 2.24) is 3.97 Å². The van der Waals surface area contributed by atoms with Gasteiger partial charge in [-0.05, 0) is 67.8 Å². The quantitative estimate of drug-likeness (QED) is 0.595. The highest BCUT2D eigenvalue weighted by molar-refractivity contribution is 7.90. The summed E-state index contributed by atoms with van der Waals surface area (Å²) in [6.45, 7) is 3.72. The van der Waals surface area contributed by atoms with E-state index in [2.05, 4.69) is 4.74 Å². The first kappa shape index (κ1) is 19.5. The number of hydrogen-bond acceptors (Lipinski definition) is 4. The van der Waals surface area contributed by atoms with Crippen molar-refractivity contribution in [2.45, 2.75) is 31.6 Å². The van der Waals surface area contributed by atoms with Crippen molar-refractivity contribution >= 4 is 38.5 Å². The molecule has 0 spiro atoms. The van der Waals surface area contributed by atoms with Crippen LogP contribution >= 0.6 is 11.6 Å². The molecule has 0 saturated heterocycles. The minimum absolute atomic E-state index is 0.0862. The Bertz CT molecular complexity index is 1110. The summed E-state index contributed by atoms with van der Waals surface area (Å²) in [6.07, 6.45) is 0.325. The molecule has 0 saturated carbocycles. The van der Waals surface area contributed by atoms with E-state index < -0.39 is 16.0 Å². The molecule has 0 amide bonds. The Morgan fingerprint density at radius 2 is 1.74 bits per heavy atom. The van der Waals surface area contributed by atoms with E-state index in [1.54, 1.807) is 36.4 Å². The fraction of sp³-hybridized carbons (Fsp3) is 0.250. The molecule has 0 unspecified atom stereocenters. The second kappa shape index (κ2) is 7.37. The van der Waals surface area contributed by atoms with Gasteiger partial charge < -0.3 is 4.74 Å². The molecule has 0 N–H and O–H groups in total. The summed E-state index contributed by atoms with van der Waals surface area (Å²) in [4.78, 5) is 11.8. The van der Waals surface area contributed by atoms with Gasteiger partial charge in [-0.25, -0.2) is 12.4 Å². The number of fused-ring (bicyclic) bond motifs is 1. The van der Waals surface area contributed by atoms with Crippen molar-refractivity contribution in [3.8, 4) is 0 Å². The lowest BCUT2D eigenvalue weighted by molar-refractivity contribution is -0.140. The molecule has 142 valence electrons. The monoisotopic (exact) mass is 405 g/mol. The van der Waals surface area contributed by atoms with Gasteiger partial charge in [-0.15, -0.1) is 0 Å². The molecule has 27 heavy (non-hydrogen) atoms. The van der Waals surface area contributed by atoms with Gasteiger partial charge in [0.15, 0.2) is 0 Å². The number of ether oxygens (including phenoxy) is 1. The first-order chi connectivity index (χ1) is 12.7. The minimum atomic E-state index is -3.84. The third-order valence-electron chi connectivity index (χ3n) is 4.34. The molecule has 0 bridgehead atoms. The van der Waals surface area contributed by atoms with Crippen LogP contribution in [-0.4, -0.2) is 25.5 Å². The van der Waals surface area contributed by atoms with E-state index in [0.29, 0.717) is 21.6 Å². The summed E-state index contributed by atoms with van der Waals surface area (Å²) in [5.74, 6) is -0.395. The first-order valence-electron chi connectivity index (χ1n) is 8.43. The molecule has 0 atom stereocenters. The fourth-order valence-electron chi connectivity index (χ4n) is 3.20. The molecular weight excluding hydrogens is 386 g/mol. The number of hydrogen-bond donors (Lipinski definition) is 0. The van der Waals surface area contributed by atoms with E-state index in [1.165, 1.54) is 11.1 Å². The largest absolute Gasteiger partial charge is 0.469 e. The van der Waals surface area contributed by atoms with E-state index in [-0.39, 0.29) is 17.7 Å². The fourth-order valence-corrected chi connectivity index (χ4v) is 5.13. The SMILES string of the molecule is COC(=O)CCc1cc2cc(Cl)ccc2n1S(=O)(=O)c1cc(C)cc(C)c1. The lowest BCUT2D eigenvalue weighted by Gasteiger charge is -2.13. The second-order valence-electron chi connectivity index (χ2n) is 6.51. The topological polar surface area (TPSA) is 65.4 Å². The zero-order valence-corrected chi connectivity index (χ0v) is 16.9. The number of methoxy groups -OCH3 is 1. The third kappa shape index (κ3) is 3.87. The van der Waals surface area contributed by atoms with Crippen LogP contribution in [0.5, 0.6) is 0 Å². The van der Waals surface area contributed by atoms with Crippen molar-refractivity contribution in [1.29, 1.82) is 0 Å². The summed E-state index contributed by atoms with van der Waals surface area (Å²) in [5, 5.41) is 1.22. The van der Waals surface area contributed by atoms with Crippen LogP contribution in [-0.2, 0) is 26.0 Å². The van der Waals surface area contributed by atoms with Crippen molar-refractivity contribution in [2.24, 2.45) is 0 Å². The molecule has 3 aromatic rings. The maximum absolute atomic E-state index is 13.4. The molecule has 0 fully saturated rings. The van der Waals surface area contributed by atoms with Gasteiger partial charge in [0.25, 0.3) is 10.0 Å². The number of carbonyl (C=O) groups excluding carboxylic acids is 1. The first-order valence-corrected chi connectivity index (χ1v) is 10.2. The van der Waals surface area contributed by atoms with Crippen LogP contribution in [0.25, 0.3) is 10.9 Å². The van der Waals surface area contributed by atoms with Crippen LogP contribution < -0.4 is 0 Å². The van der Waals surface area contributed by atoms with Gasteiger partial charge in [0, 0.05) is 16.1 Å². The molecule has 0 aliphatic carbocycles. The number of benzene rings is 2. The van der Waals surface area contributed by atoms with Gasteiger partial charge in [-0.3, -0.25) is 4.79 Å². The van der Waals surface area contributed by atoms with Crippen molar-refractivity contribution in [2.75, 3.05) is 7.11 Å². The highest BCUT2D eigenvalue weighted by Gasteiger charge is 2.24. The summed E-state index contributed by atoms with van der Waals surface area (Å²) < 4.78 is 32.9. The molecule has 0 aliphatic rings. The predicted octanol–water partition coefficient (Wildman–Crippen LogP) is 4.25. The summed E-state index contributed by atoms with van der Waals surface area (Å²) >= 11 is 6.07. The summed E-state index contributed by atoms with van der Waals surface area (Å²) in [7, 11) is -2.53. The molecule has 0 aliphatic heterocycles. The van der Waals surface area contributed by atoms with E-state index in [4.69, 9.17) is 11.6 Å². The maximum Gasteiger partial charge on any atom is 0.305 e. The van der Waals surface area contributed by atoms with E-state index in [0.717, 1.165) is 11.1 Å². The van der Waals surface area contributed by atoms with Crippen molar-refractivity contribution in [3.63, 3.8) is 0 Å². The summed E-state index contributed by atoms with van der Waals surface area (Å²) in [5.41, 5.74) is 2.77. The maximum atomic E-state index is 13.4. The van der Waals surface area contributed by atoms with Crippen LogP contribution in [0, 0.1) is 13.8 Å². The van der Waals surface area contributed by atoms with Gasteiger partial charge in [-0.2, -0.15) is 0 Å². The number of esters is 1. The Labute approximate surface area is 163 Å². The van der Waals surface area contributed by atoms with Gasteiger partial charge in [0.2, 0.25) is 0 Å². The zero-order chi connectivity index (χ0) is 19.8. The Balaban J connectivity index is 2.22. The van der Waals surface area contributed by atoms with Crippen LogP contribution in [0.3, 0.4) is 0 Å². The van der Waals surface area contributed by atoms with Crippen LogP contribution in [0.1, 0.15) is 23.2 Å². The molecular formula is C20H20ClNO4S. The van der Waals surface area contributed by atoms with E-state index in [1.807, 2.05) is 19.9 Å². The number of carbonyl (C=O) groups is 1. The van der Waals surface area contributed by atoms with E-state index in [9.17, 15) is 13.2 Å². The highest BCUT2D eigenvalue weighted by atomic mass is 35.5. The van der Waals surface area contributed by atoms with Gasteiger partial charge in [0.1, 0.15) is 0 Å². The Morgan fingerprint density at radius 1 is 1.07 bits per heavy atom. The lowest BCUT2D eigenvalue weighted by atomic mass is 10.2. The predicted molar refractivity (Wildman–Crippen MR) is 106 cm³/mol. The number of nitrogens with zero attached hydrogens (tertiary/aromatic N) is 1. The van der Waals surface area contributed by atoms with Crippen LogP contribution in [0.15, 0.2) is 47.4 Å². The number of halogens is 1. The molecule has 1 heterocycles. The molecule has 0 radical (unpaired) electrons. The Kier molecular flexibility index (Phi) is 5.31. The standard InChI is InChI=1S/C20H20ClNO4S/c1-13-8-14(2)10-18(9-13)27(24,25)22-17(5-7-20(23)26-3)12-15-11-16(21)4-6-19(15)22/h4,6,8-12H,5,7H2,1-3H3. The number of aromatic nitrogens is 1. The Hall–Kier alpha value is -2.31. The average Bonchev–Trinajstić information content (AvgIpc) is 2.96. The number of rotatable bonds is 5. The number of aryl methyl sites for hydroxylation is 3. The third-order valence-corrected chi connectivity index (χ3v) is 6.32. The van der Waals surface area contributed by atoms with Gasteiger partial charge in [0.05, 0.1) is 23.9 Å². The highest BCUT2D eigenvalue weighted by Crippen LogP contribution is 2.29. The molecule has 5 nitrogen and oxygen atoms in total. The average molecular weight is 406 g/mol. The normalized spacial score (nSPS) is 11.7. The van der Waals surface area contributed by atoms with Crippen molar-refractivity contribution in [3.05, 3.63) is 64.3 Å². The smallest absolute Gasteiger partial charge is 0.305 e. The van der Waals surface area contributed by atoms with E-state index >= 15 is 0 Å². The molecule has 1 aromatic heterocycles. The zero-order valence-electron chi connectivity index (χ0n) is 15.3. The second-order valence-corrected chi connectivity index (χ2v) is 8.73. The van der Waals surface area contributed by atoms with Gasteiger partial charge in [-0.1, -0.05) is 17.7 Å². The molecule has 7 heteroatoms. The summed E-state index contributed by atoms with van der Waals surface area (Å²) in [6, 6.07) is 12.0. The van der Waals surface area contributed by atoms with Crippen LogP contribution in [0.4, 0.5) is 0 Å². The molecule has 3 rings (SSSR count). The Morgan fingerprint density at radius 3 is 2.37 bits per heavy atom. The minimum Gasteiger partial charge on any atom is -0.469 e. The van der Waals surface area contributed by atoms with Gasteiger partial charge >= 0.3 is 5.97 Å². The lowest BCUT2D eigenvalue weighted by Crippen LogP contribution is -2.17.